The van der Waals surface area contributed by atoms with Gasteiger partial charge in [0.1, 0.15) is 5.75 Å². The molecule has 1 saturated carbocycles. The minimum Gasteiger partial charge on any atom is -0.490 e. The second-order valence-corrected chi connectivity index (χ2v) is 5.44. The van der Waals surface area contributed by atoms with Gasteiger partial charge < -0.3 is 10.1 Å². The summed E-state index contributed by atoms with van der Waals surface area (Å²) in [7, 11) is 3.96. The van der Waals surface area contributed by atoms with E-state index in [1.807, 2.05) is 25.7 Å². The van der Waals surface area contributed by atoms with Gasteiger partial charge in [-0.1, -0.05) is 12.1 Å². The van der Waals surface area contributed by atoms with E-state index in [0.717, 1.165) is 11.4 Å². The normalized spacial score (nSPS) is 16.1. The molecule has 0 aliphatic heterocycles. The second-order valence-electron chi connectivity index (χ2n) is 5.44. The van der Waals surface area contributed by atoms with E-state index in [1.54, 1.807) is 0 Å². The predicted octanol–water partition coefficient (Wildman–Crippen LogP) is 2.58. The highest BCUT2D eigenvalue weighted by atomic mass is 16.5. The fraction of sp³-hybridized carbons (Fsp3) is 0.438. The molecule has 1 aliphatic carbocycles. The van der Waals surface area contributed by atoms with Crippen LogP contribution in [0.3, 0.4) is 0 Å². The molecule has 0 radical (unpaired) electrons. The van der Waals surface area contributed by atoms with Crippen molar-refractivity contribution in [2.75, 3.05) is 7.05 Å². The van der Waals surface area contributed by atoms with Gasteiger partial charge in [0.05, 0.1) is 23.5 Å². The van der Waals surface area contributed by atoms with E-state index in [-0.39, 0.29) is 6.04 Å². The molecule has 20 heavy (non-hydrogen) atoms. The molecule has 1 aromatic carbocycles. The van der Waals surface area contributed by atoms with Crippen LogP contribution in [0.4, 0.5) is 0 Å². The maximum atomic E-state index is 5.79. The first kappa shape index (κ1) is 13.2. The number of hydrogen-bond acceptors (Lipinski definition) is 3. The van der Waals surface area contributed by atoms with Crippen LogP contribution in [0.15, 0.2) is 30.3 Å². The zero-order chi connectivity index (χ0) is 14.1. The summed E-state index contributed by atoms with van der Waals surface area (Å²) in [6.45, 7) is 2.02. The van der Waals surface area contributed by atoms with Crippen LogP contribution in [0.2, 0.25) is 0 Å². The van der Waals surface area contributed by atoms with Gasteiger partial charge >= 0.3 is 0 Å². The molecule has 0 bridgehead atoms. The smallest absolute Gasteiger partial charge is 0.119 e. The van der Waals surface area contributed by atoms with Crippen molar-refractivity contribution in [1.82, 2.24) is 15.1 Å². The molecule has 1 N–H and O–H groups in total. The third kappa shape index (κ3) is 2.70. The van der Waals surface area contributed by atoms with Crippen molar-refractivity contribution in [1.29, 1.82) is 0 Å². The van der Waals surface area contributed by atoms with Crippen LogP contribution in [-0.4, -0.2) is 22.9 Å². The lowest BCUT2D eigenvalue weighted by Gasteiger charge is -2.17. The van der Waals surface area contributed by atoms with Gasteiger partial charge in [-0.05, 0) is 50.6 Å². The Morgan fingerprint density at radius 2 is 2.00 bits per heavy atom. The number of nitrogens with one attached hydrogen (secondary N) is 1. The minimum atomic E-state index is 0.149. The van der Waals surface area contributed by atoms with Gasteiger partial charge in [-0.25, -0.2) is 0 Å². The lowest BCUT2D eigenvalue weighted by atomic mass is 10.0. The van der Waals surface area contributed by atoms with Crippen molar-refractivity contribution in [3.63, 3.8) is 0 Å². The summed E-state index contributed by atoms with van der Waals surface area (Å²) in [5, 5.41) is 7.78. The van der Waals surface area contributed by atoms with E-state index >= 15 is 0 Å². The molecular weight excluding hydrogens is 250 g/mol. The monoisotopic (exact) mass is 271 g/mol. The summed E-state index contributed by atoms with van der Waals surface area (Å²) in [5.74, 6) is 0.965. The molecule has 2 aromatic rings. The topological polar surface area (TPSA) is 39.1 Å². The Labute approximate surface area is 119 Å². The Bertz CT molecular complexity index is 584. The number of hydrogen-bond donors (Lipinski definition) is 1. The molecule has 1 aromatic heterocycles. The maximum absolute atomic E-state index is 5.79. The van der Waals surface area contributed by atoms with E-state index in [9.17, 15) is 0 Å². The third-order valence-electron chi connectivity index (χ3n) is 3.66. The molecule has 4 nitrogen and oxygen atoms in total. The molecule has 1 aliphatic rings. The average molecular weight is 271 g/mol. The van der Waals surface area contributed by atoms with Gasteiger partial charge in [-0.3, -0.25) is 4.68 Å². The Kier molecular flexibility index (Phi) is 3.49. The summed E-state index contributed by atoms with van der Waals surface area (Å²) in [6, 6.07) is 10.6. The predicted molar refractivity (Wildman–Crippen MR) is 78.9 cm³/mol. The molecular formula is C16H21N3O. The maximum Gasteiger partial charge on any atom is 0.119 e. The van der Waals surface area contributed by atoms with Crippen molar-refractivity contribution in [3.8, 4) is 5.75 Å². The number of rotatable bonds is 5. The van der Waals surface area contributed by atoms with E-state index in [4.69, 9.17) is 4.74 Å². The molecule has 106 valence electrons. The van der Waals surface area contributed by atoms with Gasteiger partial charge in [0, 0.05) is 7.05 Å². The largest absolute Gasteiger partial charge is 0.490 e. The molecule has 1 unspecified atom stereocenters. The molecule has 1 heterocycles. The molecule has 0 amide bonds. The lowest BCUT2D eigenvalue weighted by molar-refractivity contribution is 0.303. The van der Waals surface area contributed by atoms with Gasteiger partial charge in [0.2, 0.25) is 0 Å². The van der Waals surface area contributed by atoms with E-state index in [2.05, 4.69) is 40.7 Å². The van der Waals surface area contributed by atoms with Crippen molar-refractivity contribution < 1.29 is 4.74 Å². The number of aromatic nitrogens is 2. The Hall–Kier alpha value is -1.81. The van der Waals surface area contributed by atoms with Crippen molar-refractivity contribution >= 4 is 0 Å². The number of aryl methyl sites for hydroxylation is 2. The molecule has 1 fully saturated rings. The zero-order valence-corrected chi connectivity index (χ0v) is 12.3. The molecule has 4 heteroatoms. The van der Waals surface area contributed by atoms with Crippen LogP contribution in [-0.2, 0) is 7.05 Å². The van der Waals surface area contributed by atoms with Crippen LogP contribution < -0.4 is 10.1 Å². The third-order valence-corrected chi connectivity index (χ3v) is 3.66. The van der Waals surface area contributed by atoms with Crippen molar-refractivity contribution in [2.24, 2.45) is 7.05 Å². The quantitative estimate of drug-likeness (QED) is 0.908. The van der Waals surface area contributed by atoms with Crippen LogP contribution in [0.1, 0.15) is 35.8 Å². The van der Waals surface area contributed by atoms with Gasteiger partial charge in [-0.15, -0.1) is 0 Å². The Morgan fingerprint density at radius 1 is 1.30 bits per heavy atom. The fourth-order valence-electron chi connectivity index (χ4n) is 2.50. The molecule has 0 spiro atoms. The molecule has 1 atom stereocenters. The number of ether oxygens (including phenoxy) is 1. The summed E-state index contributed by atoms with van der Waals surface area (Å²) in [5.41, 5.74) is 3.43. The summed E-state index contributed by atoms with van der Waals surface area (Å²) in [6.07, 6.45) is 2.82. The SMILES string of the molecule is CNC(c1ccc(OC2CC2)cc1)c1cc(C)nn1C. The first-order valence-electron chi connectivity index (χ1n) is 7.12. The second kappa shape index (κ2) is 5.29. The first-order valence-corrected chi connectivity index (χ1v) is 7.12. The van der Waals surface area contributed by atoms with Crippen LogP contribution in [0.25, 0.3) is 0 Å². The van der Waals surface area contributed by atoms with Gasteiger partial charge in [0.25, 0.3) is 0 Å². The summed E-state index contributed by atoms with van der Waals surface area (Å²) >= 11 is 0. The van der Waals surface area contributed by atoms with Crippen molar-refractivity contribution in [2.45, 2.75) is 31.9 Å². The number of benzene rings is 1. The molecule has 0 saturated heterocycles. The number of nitrogens with zero attached hydrogens (tertiary/aromatic N) is 2. The van der Waals surface area contributed by atoms with E-state index in [1.165, 1.54) is 24.1 Å². The first-order chi connectivity index (χ1) is 9.67. The zero-order valence-electron chi connectivity index (χ0n) is 12.3. The summed E-state index contributed by atoms with van der Waals surface area (Å²) < 4.78 is 7.72. The average Bonchev–Trinajstić information content (AvgIpc) is 3.18. The highest BCUT2D eigenvalue weighted by Crippen LogP contribution is 2.28. The van der Waals surface area contributed by atoms with Crippen LogP contribution in [0, 0.1) is 6.92 Å². The Balaban J connectivity index is 1.83. The lowest BCUT2D eigenvalue weighted by Crippen LogP contribution is -2.20. The molecule has 3 rings (SSSR count). The Morgan fingerprint density at radius 3 is 2.50 bits per heavy atom. The fourth-order valence-corrected chi connectivity index (χ4v) is 2.50. The minimum absolute atomic E-state index is 0.149. The standard InChI is InChI=1S/C16H21N3O/c1-11-10-15(19(3)18-11)16(17-2)12-4-6-13(7-5-12)20-14-8-9-14/h4-7,10,14,16-17H,8-9H2,1-3H3. The van der Waals surface area contributed by atoms with Crippen LogP contribution >= 0.6 is 0 Å². The van der Waals surface area contributed by atoms with E-state index in [0.29, 0.717) is 6.10 Å². The van der Waals surface area contributed by atoms with Crippen molar-refractivity contribution in [3.05, 3.63) is 47.3 Å². The van der Waals surface area contributed by atoms with Crippen LogP contribution in [0.5, 0.6) is 5.75 Å². The van der Waals surface area contributed by atoms with Gasteiger partial charge in [-0.2, -0.15) is 5.10 Å². The summed E-state index contributed by atoms with van der Waals surface area (Å²) in [4.78, 5) is 0. The van der Waals surface area contributed by atoms with Gasteiger partial charge in [0.15, 0.2) is 0 Å². The van der Waals surface area contributed by atoms with E-state index < -0.39 is 0 Å². The highest BCUT2D eigenvalue weighted by Gasteiger charge is 2.23. The highest BCUT2D eigenvalue weighted by molar-refractivity contribution is 5.34.